The summed E-state index contributed by atoms with van der Waals surface area (Å²) >= 11 is -1.11. The Hall–Kier alpha value is -2.54. The van der Waals surface area contributed by atoms with Crippen molar-refractivity contribution < 1.29 is 22.5 Å². The number of amides is 1. The Morgan fingerprint density at radius 1 is 1.09 bits per heavy atom. The van der Waals surface area contributed by atoms with Gasteiger partial charge in [-0.2, -0.15) is 18.4 Å². The second-order valence-corrected chi connectivity index (χ2v) is 9.18. The fourth-order valence-electron chi connectivity index (χ4n) is 3.26. The molecule has 1 amide bonds. The van der Waals surface area contributed by atoms with E-state index in [9.17, 15) is 22.5 Å². The zero-order valence-electron chi connectivity index (χ0n) is 18.1. The van der Waals surface area contributed by atoms with E-state index in [1.54, 1.807) is 48.7 Å². The quantitative estimate of drug-likeness (QED) is 0.426. The highest BCUT2D eigenvalue weighted by Crippen LogP contribution is 2.34. The van der Waals surface area contributed by atoms with Crippen molar-refractivity contribution in [3.05, 3.63) is 54.1 Å². The highest BCUT2D eigenvalue weighted by Gasteiger charge is 2.42. The predicted molar refractivity (Wildman–Crippen MR) is 118 cm³/mol. The van der Waals surface area contributed by atoms with Gasteiger partial charge in [-0.3, -0.25) is 10.1 Å². The molecule has 32 heavy (non-hydrogen) atoms. The van der Waals surface area contributed by atoms with Gasteiger partial charge in [-0.15, -0.1) is 0 Å². The van der Waals surface area contributed by atoms with Crippen LogP contribution in [-0.2, 0) is 16.0 Å². The Morgan fingerprint density at radius 3 is 2.06 bits per heavy atom. The van der Waals surface area contributed by atoms with E-state index < -0.39 is 35.3 Å². The van der Waals surface area contributed by atoms with Gasteiger partial charge < -0.3 is 9.87 Å². The fraction of sp³-hybridized carbons (Fsp3) is 0.391. The third-order valence-corrected chi connectivity index (χ3v) is 5.76. The van der Waals surface area contributed by atoms with Crippen LogP contribution in [0.1, 0.15) is 31.9 Å². The smallest absolute Gasteiger partial charge is 0.407 e. The maximum Gasteiger partial charge on any atom is 0.407 e. The van der Waals surface area contributed by atoms with Crippen LogP contribution in [0.15, 0.2) is 53.4 Å². The van der Waals surface area contributed by atoms with Gasteiger partial charge >= 0.3 is 6.18 Å². The van der Waals surface area contributed by atoms with E-state index in [1.807, 2.05) is 13.8 Å². The predicted octanol–water partition coefficient (Wildman–Crippen LogP) is 4.34. The summed E-state index contributed by atoms with van der Waals surface area (Å²) in [6.45, 7) is 3.34. The van der Waals surface area contributed by atoms with Crippen molar-refractivity contribution in [3.8, 4) is 17.2 Å². The molecule has 0 spiro atoms. The molecule has 0 heterocycles. The molecular weight excluding hydrogens is 439 g/mol. The SMILES string of the molecule is CC(C)C[C@H](NC(c1ccc(-c2ccc([S+](C)[O-])cc2)cc1)C(F)(F)F)C(=O)NCC#N. The lowest BCUT2D eigenvalue weighted by atomic mass is 9.97. The lowest BCUT2D eigenvalue weighted by molar-refractivity contribution is -0.161. The molecule has 0 saturated heterocycles. The van der Waals surface area contributed by atoms with Crippen LogP contribution in [0.4, 0.5) is 13.2 Å². The standard InChI is InChI=1S/C23H26F3N3O2S/c1-15(2)14-20(22(30)28-13-12-27)29-21(23(24,25)26)18-6-4-16(5-7-18)17-8-10-19(11-9-17)32(3)31/h4-11,15,20-21,29H,13-14H2,1-3H3,(H,28,30)/t20-,21?,32?/m0/s1. The van der Waals surface area contributed by atoms with E-state index in [1.165, 1.54) is 12.1 Å². The summed E-state index contributed by atoms with van der Waals surface area (Å²) in [4.78, 5) is 13.0. The molecule has 9 heteroatoms. The van der Waals surface area contributed by atoms with Gasteiger partial charge in [0.15, 0.2) is 4.90 Å². The monoisotopic (exact) mass is 465 g/mol. The number of nitrogens with zero attached hydrogens (tertiary/aromatic N) is 1. The number of halogens is 3. The van der Waals surface area contributed by atoms with Gasteiger partial charge in [0.05, 0.1) is 12.1 Å². The number of rotatable bonds is 9. The van der Waals surface area contributed by atoms with Crippen molar-refractivity contribution in [3.63, 3.8) is 0 Å². The van der Waals surface area contributed by atoms with E-state index in [2.05, 4.69) is 10.6 Å². The summed E-state index contributed by atoms with van der Waals surface area (Å²) < 4.78 is 53.2. The van der Waals surface area contributed by atoms with Crippen LogP contribution in [0.3, 0.4) is 0 Å². The highest BCUT2D eigenvalue weighted by molar-refractivity contribution is 7.90. The van der Waals surface area contributed by atoms with Crippen LogP contribution in [0, 0.1) is 17.2 Å². The third kappa shape index (κ3) is 7.26. The first kappa shape index (κ1) is 25.7. The summed E-state index contributed by atoms with van der Waals surface area (Å²) in [7, 11) is 0. The Labute approximate surface area is 189 Å². The highest BCUT2D eigenvalue weighted by atomic mass is 32.2. The summed E-state index contributed by atoms with van der Waals surface area (Å²) in [6.07, 6.45) is -2.87. The van der Waals surface area contributed by atoms with Gasteiger partial charge in [-0.05, 0) is 64.5 Å². The molecule has 2 rings (SSSR count). The van der Waals surface area contributed by atoms with E-state index >= 15 is 0 Å². The van der Waals surface area contributed by atoms with Crippen LogP contribution >= 0.6 is 0 Å². The van der Waals surface area contributed by atoms with Gasteiger partial charge in [-0.1, -0.05) is 38.1 Å². The molecule has 0 fully saturated rings. The number of hydrogen-bond donors (Lipinski definition) is 2. The summed E-state index contributed by atoms with van der Waals surface area (Å²) in [5, 5.41) is 13.4. The first-order chi connectivity index (χ1) is 15.0. The van der Waals surface area contributed by atoms with Crippen LogP contribution in [0.2, 0.25) is 0 Å². The maximum atomic E-state index is 13.9. The molecule has 2 aromatic carbocycles. The third-order valence-electron chi connectivity index (χ3n) is 4.82. The number of nitriles is 1. The van der Waals surface area contributed by atoms with Gasteiger partial charge in [0.2, 0.25) is 5.91 Å². The number of alkyl halides is 3. The largest absolute Gasteiger partial charge is 0.612 e. The van der Waals surface area contributed by atoms with E-state index in [0.29, 0.717) is 10.5 Å². The minimum atomic E-state index is -4.63. The number of nitrogens with one attached hydrogen (secondary N) is 2. The lowest BCUT2D eigenvalue weighted by Gasteiger charge is -2.28. The zero-order chi connectivity index (χ0) is 23.9. The van der Waals surface area contributed by atoms with Crippen molar-refractivity contribution in [2.45, 2.75) is 43.4 Å². The lowest BCUT2D eigenvalue weighted by Crippen LogP contribution is -2.49. The number of carbonyl (C=O) groups excluding carboxylic acids is 1. The van der Waals surface area contributed by atoms with Gasteiger partial charge in [0.1, 0.15) is 18.8 Å². The average molecular weight is 466 g/mol. The molecule has 2 aromatic rings. The number of carbonyl (C=O) groups is 1. The molecule has 0 aliphatic heterocycles. The molecule has 0 bridgehead atoms. The topological polar surface area (TPSA) is 88.0 Å². The molecule has 2 N–H and O–H groups in total. The fourth-order valence-corrected chi connectivity index (χ4v) is 3.78. The van der Waals surface area contributed by atoms with Crippen molar-refractivity contribution >= 4 is 17.1 Å². The first-order valence-electron chi connectivity index (χ1n) is 10.0. The zero-order valence-corrected chi connectivity index (χ0v) is 18.9. The van der Waals surface area contributed by atoms with Crippen LogP contribution in [0.5, 0.6) is 0 Å². The minimum Gasteiger partial charge on any atom is -0.612 e. The number of benzene rings is 2. The van der Waals surface area contributed by atoms with Gasteiger partial charge in [-0.25, -0.2) is 0 Å². The molecular formula is C23H26F3N3O2S. The second-order valence-electron chi connectivity index (χ2n) is 7.80. The van der Waals surface area contributed by atoms with E-state index in [4.69, 9.17) is 5.26 Å². The average Bonchev–Trinajstić information content (AvgIpc) is 2.74. The Kier molecular flexibility index (Phi) is 9.13. The summed E-state index contributed by atoms with van der Waals surface area (Å²) in [5.74, 6) is -0.670. The van der Waals surface area contributed by atoms with Gasteiger partial charge in [0.25, 0.3) is 0 Å². The van der Waals surface area contributed by atoms with Crippen molar-refractivity contribution in [2.75, 3.05) is 12.8 Å². The minimum absolute atomic E-state index is 0.0191. The Bertz CT molecular complexity index is 923. The molecule has 0 aliphatic carbocycles. The molecule has 0 saturated carbocycles. The molecule has 0 aromatic heterocycles. The van der Waals surface area contributed by atoms with E-state index in [-0.39, 0.29) is 24.4 Å². The molecule has 0 radical (unpaired) electrons. The Balaban J connectivity index is 2.28. The van der Waals surface area contributed by atoms with Crippen LogP contribution < -0.4 is 10.6 Å². The molecule has 2 unspecified atom stereocenters. The first-order valence-corrected chi connectivity index (χ1v) is 11.6. The Morgan fingerprint density at radius 2 is 1.62 bits per heavy atom. The second kappa shape index (κ2) is 11.4. The molecule has 0 aliphatic rings. The summed E-state index contributed by atoms with van der Waals surface area (Å²) in [5.41, 5.74) is 1.49. The normalized spacial score (nSPS) is 14.5. The van der Waals surface area contributed by atoms with Crippen molar-refractivity contribution in [1.29, 1.82) is 5.26 Å². The molecule has 172 valence electrons. The van der Waals surface area contributed by atoms with E-state index in [0.717, 1.165) is 5.56 Å². The van der Waals surface area contributed by atoms with Crippen molar-refractivity contribution in [1.82, 2.24) is 10.6 Å². The number of hydrogen-bond acceptors (Lipinski definition) is 4. The van der Waals surface area contributed by atoms with Crippen LogP contribution in [-0.4, -0.2) is 35.5 Å². The maximum absolute atomic E-state index is 13.9. The molecule has 3 atom stereocenters. The van der Waals surface area contributed by atoms with Gasteiger partial charge in [0, 0.05) is 0 Å². The summed E-state index contributed by atoms with van der Waals surface area (Å²) in [6, 6.07) is 11.5. The van der Waals surface area contributed by atoms with Crippen LogP contribution in [0.25, 0.3) is 11.1 Å². The molecule has 5 nitrogen and oxygen atoms in total. The van der Waals surface area contributed by atoms with Crippen molar-refractivity contribution in [2.24, 2.45) is 5.92 Å².